The maximum atomic E-state index is 12.9. The van der Waals surface area contributed by atoms with Crippen molar-refractivity contribution in [2.24, 2.45) is 5.92 Å². The van der Waals surface area contributed by atoms with E-state index in [9.17, 15) is 25.2 Å². The first-order chi connectivity index (χ1) is 13.2. The lowest BCUT2D eigenvalue weighted by Gasteiger charge is -2.66. The Bertz CT molecular complexity index is 914. The molecule has 7 atom stereocenters. The van der Waals surface area contributed by atoms with Gasteiger partial charge in [0.05, 0.1) is 19.0 Å². The fourth-order valence-corrected chi connectivity index (χ4v) is 6.94. The first-order valence-corrected chi connectivity index (χ1v) is 10.2. The number of phenolic OH excluding ortho intramolecular Hbond substituents is 1. The summed E-state index contributed by atoms with van der Waals surface area (Å²) in [5.74, 6) is 0.227. The standard InChI is InChI=1S/C21H25NO6/c1-22(9-10-2-3-10)14-6-11-4-5-12(23)18-16(11)20(8-15(22)25)19(28-18)17(26)13(24)7-21(14,20)27/h4-5,10,13-15,19,24-25,27H,2-3,6-9H2,1H3/p+1/t13?,14-,15?,19+,20+,21-,22-/m1/s1. The van der Waals surface area contributed by atoms with Crippen molar-refractivity contribution in [2.45, 2.75) is 67.6 Å². The number of hydrogen-bond donors (Lipinski definition) is 4. The first kappa shape index (κ1) is 17.2. The van der Waals surface area contributed by atoms with Crippen molar-refractivity contribution in [1.82, 2.24) is 0 Å². The third-order valence-electron chi connectivity index (χ3n) is 8.43. The zero-order valence-corrected chi connectivity index (χ0v) is 15.8. The van der Waals surface area contributed by atoms with E-state index in [0.29, 0.717) is 22.4 Å². The van der Waals surface area contributed by atoms with Crippen LogP contribution in [0.5, 0.6) is 11.5 Å². The van der Waals surface area contributed by atoms with Gasteiger partial charge in [-0.15, -0.1) is 0 Å². The van der Waals surface area contributed by atoms with Gasteiger partial charge in [0.2, 0.25) is 5.78 Å². The number of phenols is 1. The molecule has 2 heterocycles. The fraction of sp³-hybridized carbons (Fsp3) is 0.667. The molecule has 3 fully saturated rings. The largest absolute Gasteiger partial charge is 0.504 e. The van der Waals surface area contributed by atoms with Crippen molar-refractivity contribution in [1.29, 1.82) is 0 Å². The second kappa shape index (κ2) is 4.90. The number of benzene rings is 1. The van der Waals surface area contributed by atoms with Crippen LogP contribution in [0.3, 0.4) is 0 Å². The van der Waals surface area contributed by atoms with Gasteiger partial charge < -0.3 is 25.2 Å². The number of carbonyl (C=O) groups excluding carboxylic acids is 1. The lowest BCUT2D eigenvalue weighted by molar-refractivity contribution is -0.992. The first-order valence-electron chi connectivity index (χ1n) is 10.2. The van der Waals surface area contributed by atoms with Crippen molar-refractivity contribution in [3.63, 3.8) is 0 Å². The van der Waals surface area contributed by atoms with Gasteiger partial charge in [-0.3, -0.25) is 9.28 Å². The van der Waals surface area contributed by atoms with Gasteiger partial charge in [0.1, 0.15) is 17.7 Å². The van der Waals surface area contributed by atoms with Gasteiger partial charge in [0, 0.05) is 30.7 Å². The molecule has 3 aliphatic carbocycles. The number of likely N-dealkylation sites (N-methyl/N-ethyl adjacent to an activating group) is 1. The van der Waals surface area contributed by atoms with E-state index >= 15 is 0 Å². The van der Waals surface area contributed by atoms with Gasteiger partial charge in [-0.05, 0) is 24.5 Å². The highest BCUT2D eigenvalue weighted by Crippen LogP contribution is 2.66. The number of aromatic hydroxyl groups is 1. The monoisotopic (exact) mass is 388 g/mol. The van der Waals surface area contributed by atoms with Crippen molar-refractivity contribution in [3.8, 4) is 11.5 Å². The molecule has 1 aromatic rings. The summed E-state index contributed by atoms with van der Waals surface area (Å²) in [6.45, 7) is 0.778. The van der Waals surface area contributed by atoms with Crippen LogP contribution in [0.25, 0.3) is 0 Å². The lowest BCUT2D eigenvalue weighted by Crippen LogP contribution is -2.84. The molecule has 2 aliphatic heterocycles. The molecule has 6 rings (SSSR count). The Hall–Kier alpha value is -1.67. The van der Waals surface area contributed by atoms with Crippen LogP contribution in [0, 0.1) is 5.92 Å². The number of ether oxygens (including phenoxy) is 1. The molecule has 7 nitrogen and oxygen atoms in total. The summed E-state index contributed by atoms with van der Waals surface area (Å²) in [6.07, 6.45) is -0.245. The highest BCUT2D eigenvalue weighted by molar-refractivity contribution is 5.93. The number of Topliss-reactive ketones (excluding diaryl/α,β-unsaturated/α-hetero) is 1. The fourth-order valence-electron chi connectivity index (χ4n) is 6.94. The smallest absolute Gasteiger partial charge is 0.202 e. The number of likely N-dealkylation sites (tertiary alicyclic amines) is 1. The lowest BCUT2D eigenvalue weighted by atomic mass is 9.47. The highest BCUT2D eigenvalue weighted by Gasteiger charge is 2.79. The van der Waals surface area contributed by atoms with Gasteiger partial charge in [0.15, 0.2) is 23.8 Å². The molecule has 2 unspecified atom stereocenters. The summed E-state index contributed by atoms with van der Waals surface area (Å²) in [7, 11) is 2.00. The number of aliphatic hydroxyl groups is 3. The van der Waals surface area contributed by atoms with Crippen molar-refractivity contribution in [3.05, 3.63) is 23.3 Å². The highest BCUT2D eigenvalue weighted by atomic mass is 16.5. The predicted octanol–water partition coefficient (Wildman–Crippen LogP) is -0.0408. The number of rotatable bonds is 2. The molecule has 1 aromatic carbocycles. The molecule has 2 saturated carbocycles. The van der Waals surface area contributed by atoms with Crippen LogP contribution in [0.15, 0.2) is 12.1 Å². The van der Waals surface area contributed by atoms with E-state index in [0.717, 1.165) is 24.9 Å². The minimum Gasteiger partial charge on any atom is -0.504 e. The normalized spacial score (nSPS) is 48.2. The van der Waals surface area contributed by atoms with E-state index in [1.165, 1.54) is 0 Å². The van der Waals surface area contributed by atoms with Crippen molar-refractivity contribution < 1.29 is 34.4 Å². The molecule has 28 heavy (non-hydrogen) atoms. The quantitative estimate of drug-likeness (QED) is 0.530. The number of aliphatic hydroxyl groups excluding tert-OH is 2. The SMILES string of the molecule is C[N@+]1(CC2CC2)C(O)C[C@]23c4c5ccc(O)c4O[C@H]2C(=O)C(O)C[C@@]3(O)[C@H]1C5. The zero-order chi connectivity index (χ0) is 19.6. The van der Waals surface area contributed by atoms with E-state index < -0.39 is 35.2 Å². The Kier molecular flexibility index (Phi) is 3.01. The predicted molar refractivity (Wildman–Crippen MR) is 96.7 cm³/mol. The summed E-state index contributed by atoms with van der Waals surface area (Å²) in [5.41, 5.74) is -0.898. The molecular weight excluding hydrogens is 362 g/mol. The van der Waals surface area contributed by atoms with Crippen LogP contribution >= 0.6 is 0 Å². The van der Waals surface area contributed by atoms with E-state index in [2.05, 4.69) is 0 Å². The number of piperidine rings is 1. The molecule has 150 valence electrons. The summed E-state index contributed by atoms with van der Waals surface area (Å²) < 4.78 is 6.26. The molecule has 1 spiro atoms. The summed E-state index contributed by atoms with van der Waals surface area (Å²) in [5, 5.41) is 44.4. The van der Waals surface area contributed by atoms with Crippen LogP contribution < -0.4 is 4.74 Å². The Balaban J connectivity index is 1.63. The van der Waals surface area contributed by atoms with Crippen molar-refractivity contribution in [2.75, 3.05) is 13.6 Å². The summed E-state index contributed by atoms with van der Waals surface area (Å²) in [4.78, 5) is 12.9. The Labute approximate surface area is 162 Å². The maximum absolute atomic E-state index is 12.9. The molecule has 2 bridgehead atoms. The minimum absolute atomic E-state index is 0.0594. The maximum Gasteiger partial charge on any atom is 0.202 e. The Morgan fingerprint density at radius 2 is 2.00 bits per heavy atom. The average molecular weight is 388 g/mol. The molecule has 0 aromatic heterocycles. The molecule has 1 saturated heterocycles. The minimum atomic E-state index is -1.39. The van der Waals surface area contributed by atoms with Crippen molar-refractivity contribution >= 4 is 5.78 Å². The molecule has 7 heteroatoms. The topological polar surface area (TPSA) is 107 Å². The van der Waals surface area contributed by atoms with Gasteiger partial charge >= 0.3 is 0 Å². The molecule has 0 amide bonds. The van der Waals surface area contributed by atoms with Crippen LogP contribution in [0.2, 0.25) is 0 Å². The van der Waals surface area contributed by atoms with E-state index in [4.69, 9.17) is 4.74 Å². The number of quaternary nitrogens is 1. The van der Waals surface area contributed by atoms with Crippen LogP contribution in [0.4, 0.5) is 0 Å². The number of hydrogen-bond acceptors (Lipinski definition) is 6. The Morgan fingerprint density at radius 1 is 1.25 bits per heavy atom. The average Bonchev–Trinajstić information content (AvgIpc) is 3.37. The number of nitrogens with zero attached hydrogens (tertiary/aromatic N) is 1. The van der Waals surface area contributed by atoms with E-state index in [1.807, 2.05) is 13.1 Å². The summed E-state index contributed by atoms with van der Waals surface area (Å²) in [6, 6.07) is 3.07. The van der Waals surface area contributed by atoms with Crippen LogP contribution in [0.1, 0.15) is 36.8 Å². The van der Waals surface area contributed by atoms with Gasteiger partial charge in [-0.1, -0.05) is 6.07 Å². The van der Waals surface area contributed by atoms with Gasteiger partial charge in [-0.25, -0.2) is 0 Å². The third kappa shape index (κ3) is 1.70. The van der Waals surface area contributed by atoms with Gasteiger partial charge in [0.25, 0.3) is 0 Å². The van der Waals surface area contributed by atoms with Crippen LogP contribution in [-0.4, -0.2) is 74.4 Å². The third-order valence-corrected chi connectivity index (χ3v) is 8.43. The van der Waals surface area contributed by atoms with Gasteiger partial charge in [-0.2, -0.15) is 0 Å². The molecule has 5 aliphatic rings. The summed E-state index contributed by atoms with van der Waals surface area (Å²) >= 11 is 0. The number of carbonyl (C=O) groups is 1. The second-order valence-electron chi connectivity index (χ2n) is 9.84. The Morgan fingerprint density at radius 3 is 2.71 bits per heavy atom. The molecule has 4 N–H and O–H groups in total. The number of ketones is 1. The molecule has 0 radical (unpaired) electrons. The molecular formula is C21H26NO6+. The van der Waals surface area contributed by atoms with E-state index in [1.54, 1.807) is 6.07 Å². The zero-order valence-electron chi connectivity index (χ0n) is 15.8. The second-order valence-corrected chi connectivity index (χ2v) is 9.84. The van der Waals surface area contributed by atoms with Crippen LogP contribution in [-0.2, 0) is 16.6 Å². The van der Waals surface area contributed by atoms with E-state index in [-0.39, 0.29) is 30.4 Å².